The summed E-state index contributed by atoms with van der Waals surface area (Å²) in [4.78, 5) is 11.6. The predicted molar refractivity (Wildman–Crippen MR) is 155 cm³/mol. The minimum atomic E-state index is -1.87. The third kappa shape index (κ3) is 4.04. The molecule has 0 saturated carbocycles. The van der Waals surface area contributed by atoms with Gasteiger partial charge in [0.1, 0.15) is 5.82 Å². The third-order valence-electron chi connectivity index (χ3n) is 7.36. The number of halogens is 1. The van der Waals surface area contributed by atoms with Gasteiger partial charge in [0.15, 0.2) is 0 Å². The Bertz CT molecular complexity index is 1600. The predicted octanol–water partition coefficient (Wildman–Crippen LogP) is 3.02. The molecule has 1 aliphatic heterocycles. The summed E-state index contributed by atoms with van der Waals surface area (Å²) >= 11 is 0. The van der Waals surface area contributed by atoms with Gasteiger partial charge >= 0.3 is 5.97 Å². The minimum Gasteiger partial charge on any atom is -0.478 e. The Hall–Kier alpha value is -3.65. The molecule has 2 heterocycles. The molecule has 1 saturated heterocycles. The summed E-state index contributed by atoms with van der Waals surface area (Å²) in [5.41, 5.74) is 9.43. The first-order valence-electron chi connectivity index (χ1n) is 11.9. The van der Waals surface area contributed by atoms with Crippen molar-refractivity contribution in [2.24, 2.45) is 0 Å². The van der Waals surface area contributed by atoms with E-state index >= 15 is 0 Å². The van der Waals surface area contributed by atoms with E-state index < -0.39 is 27.5 Å². The minimum absolute atomic E-state index is 0.0701. The molecule has 1 fully saturated rings. The SMILES string of the molecule is [B]C1([B])COCC([B])([B])C1([B])c1c(-c2ccc(C(=O)O)cc2)c2cc(N)c(C=N)cc2n1-c1ccc(F)cc1. The van der Waals surface area contributed by atoms with E-state index in [2.05, 4.69) is 0 Å². The molecule has 0 atom stereocenters. The summed E-state index contributed by atoms with van der Waals surface area (Å²) in [7, 11) is 33.6. The van der Waals surface area contributed by atoms with Gasteiger partial charge < -0.3 is 25.6 Å². The molecule has 6 nitrogen and oxygen atoms in total. The van der Waals surface area contributed by atoms with Gasteiger partial charge in [0.25, 0.3) is 0 Å². The molecule has 1 aliphatic rings. The number of nitrogens with zero attached hydrogens (tertiary/aromatic N) is 1. The number of fused-ring (bicyclic) bond motifs is 1. The van der Waals surface area contributed by atoms with Crippen LogP contribution in [0.4, 0.5) is 10.1 Å². The average Bonchev–Trinajstić information content (AvgIpc) is 3.21. The Kier molecular flexibility index (Phi) is 6.38. The van der Waals surface area contributed by atoms with Gasteiger partial charge in [-0.2, -0.15) is 0 Å². The maximum absolute atomic E-state index is 14.0. The molecule has 0 bridgehead atoms. The highest BCUT2D eigenvalue weighted by Gasteiger charge is 2.55. The van der Waals surface area contributed by atoms with Crippen LogP contribution in [0.5, 0.6) is 0 Å². The Morgan fingerprint density at radius 1 is 1.00 bits per heavy atom. The zero-order valence-corrected chi connectivity index (χ0v) is 20.8. The summed E-state index contributed by atoms with van der Waals surface area (Å²) < 4.78 is 21.3. The summed E-state index contributed by atoms with van der Waals surface area (Å²) in [5.74, 6) is -1.56. The number of hydrogen-bond acceptors (Lipinski definition) is 4. The molecular formula is C27H19B5FN3O3. The van der Waals surface area contributed by atoms with Crippen LogP contribution in [0.1, 0.15) is 21.6 Å². The van der Waals surface area contributed by atoms with Crippen LogP contribution in [0.3, 0.4) is 0 Å². The maximum atomic E-state index is 14.0. The van der Waals surface area contributed by atoms with Crippen molar-refractivity contribution in [3.05, 3.63) is 83.3 Å². The lowest BCUT2D eigenvalue weighted by molar-refractivity contribution is 0.0504. The van der Waals surface area contributed by atoms with Gasteiger partial charge in [-0.1, -0.05) is 22.6 Å². The molecule has 12 heteroatoms. The fourth-order valence-electron chi connectivity index (χ4n) is 5.29. The Morgan fingerprint density at radius 3 is 2.13 bits per heavy atom. The van der Waals surface area contributed by atoms with E-state index in [4.69, 9.17) is 55.1 Å². The van der Waals surface area contributed by atoms with E-state index in [9.17, 15) is 14.3 Å². The van der Waals surface area contributed by atoms with E-state index in [1.807, 2.05) is 0 Å². The number of rotatable bonds is 5. The molecule has 0 unspecified atom stereocenters. The molecule has 0 amide bonds. The number of nitrogens with one attached hydrogen (secondary N) is 1. The number of anilines is 1. The molecule has 39 heavy (non-hydrogen) atoms. The third-order valence-corrected chi connectivity index (χ3v) is 7.36. The average molecular weight is 507 g/mol. The van der Waals surface area contributed by atoms with Crippen LogP contribution < -0.4 is 5.73 Å². The topological polar surface area (TPSA) is 101 Å². The molecule has 0 aliphatic carbocycles. The van der Waals surface area contributed by atoms with Gasteiger partial charge in [-0.3, -0.25) is 0 Å². The Balaban J connectivity index is 2.02. The molecule has 4 N–H and O–H groups in total. The zero-order valence-electron chi connectivity index (χ0n) is 20.8. The first-order valence-corrected chi connectivity index (χ1v) is 11.9. The molecule has 10 radical (unpaired) electrons. The van der Waals surface area contributed by atoms with E-state index in [0.29, 0.717) is 39.0 Å². The number of aromatic carboxylic acids is 1. The van der Waals surface area contributed by atoms with Crippen molar-refractivity contribution in [2.75, 3.05) is 18.9 Å². The normalized spacial score (nSPS) is 17.6. The van der Waals surface area contributed by atoms with Gasteiger partial charge in [-0.15, -0.1) is 0 Å². The molecule has 0 spiro atoms. The zero-order chi connectivity index (χ0) is 28.3. The Labute approximate surface area is 231 Å². The van der Waals surface area contributed by atoms with Gasteiger partial charge in [-0.05, 0) is 59.4 Å². The van der Waals surface area contributed by atoms with Crippen molar-refractivity contribution in [1.82, 2.24) is 4.57 Å². The molecule has 5 rings (SSSR count). The summed E-state index contributed by atoms with van der Waals surface area (Å²) in [6.07, 6.45) is 1.11. The first-order chi connectivity index (χ1) is 18.3. The van der Waals surface area contributed by atoms with Crippen LogP contribution in [0.2, 0.25) is 10.4 Å². The van der Waals surface area contributed by atoms with E-state index in [0.717, 1.165) is 6.21 Å². The van der Waals surface area contributed by atoms with Gasteiger partial charge in [0.05, 0.1) is 50.3 Å². The fraction of sp³-hybridized carbons (Fsp3) is 0.185. The van der Waals surface area contributed by atoms with Crippen LogP contribution in [-0.4, -0.2) is 74.3 Å². The molecule has 3 aromatic carbocycles. The highest BCUT2D eigenvalue weighted by Crippen LogP contribution is 2.60. The van der Waals surface area contributed by atoms with Gasteiger partial charge in [0.2, 0.25) is 0 Å². The van der Waals surface area contributed by atoms with Crippen LogP contribution in [-0.2, 0) is 10.1 Å². The highest BCUT2D eigenvalue weighted by molar-refractivity contribution is 6.53. The van der Waals surface area contributed by atoms with Crippen LogP contribution in [0.15, 0.2) is 60.7 Å². The summed E-state index contributed by atoms with van der Waals surface area (Å²) in [5, 5.41) is 12.4. The van der Waals surface area contributed by atoms with Crippen molar-refractivity contribution in [1.29, 1.82) is 5.41 Å². The second-order valence-corrected chi connectivity index (χ2v) is 9.94. The van der Waals surface area contributed by atoms with Crippen molar-refractivity contribution >= 4 is 68.0 Å². The summed E-state index contributed by atoms with van der Waals surface area (Å²) in [6.45, 7) is -0.369. The van der Waals surface area contributed by atoms with Crippen molar-refractivity contribution in [3.8, 4) is 16.8 Å². The largest absolute Gasteiger partial charge is 0.478 e. The van der Waals surface area contributed by atoms with Gasteiger partial charge in [0, 0.05) is 53.0 Å². The lowest BCUT2D eigenvalue weighted by Gasteiger charge is -2.60. The Morgan fingerprint density at radius 2 is 1.59 bits per heavy atom. The lowest BCUT2D eigenvalue weighted by atomic mass is 9.21. The van der Waals surface area contributed by atoms with Crippen LogP contribution in [0.25, 0.3) is 27.7 Å². The second kappa shape index (κ2) is 9.23. The van der Waals surface area contributed by atoms with E-state index in [-0.39, 0.29) is 24.5 Å². The molecule has 1 aromatic heterocycles. The number of benzene rings is 3. The monoisotopic (exact) mass is 507 g/mol. The number of carbonyl (C=O) groups is 1. The highest BCUT2D eigenvalue weighted by atomic mass is 19.1. The van der Waals surface area contributed by atoms with Crippen LogP contribution >= 0.6 is 0 Å². The number of nitrogens with two attached hydrogens (primary N) is 1. The molecule has 4 aromatic rings. The quantitative estimate of drug-likeness (QED) is 0.220. The standard InChI is InChI=1S/C27H19B5FN3O3/c28-25(29)12-39-13-26(30,31)27(25,32)23-22(14-1-3-15(4-2-14)24(37)38)19-10-20(35)16(11-34)9-21(19)36(23)18-7-5-17(33)6-8-18/h1-11,34H,12-13,35H2,(H,37,38). The smallest absolute Gasteiger partial charge is 0.335 e. The van der Waals surface area contributed by atoms with Crippen molar-refractivity contribution in [2.45, 2.75) is 15.7 Å². The molecular weight excluding hydrogens is 487 g/mol. The number of hydrogen-bond donors (Lipinski definition) is 3. The van der Waals surface area contributed by atoms with Crippen molar-refractivity contribution < 1.29 is 19.0 Å². The maximum Gasteiger partial charge on any atom is 0.335 e. The number of ether oxygens (including phenoxy) is 1. The van der Waals surface area contributed by atoms with Crippen molar-refractivity contribution in [3.63, 3.8) is 0 Å². The lowest BCUT2D eigenvalue weighted by Crippen LogP contribution is -2.60. The number of carboxylic acids is 1. The molecule has 182 valence electrons. The fourth-order valence-corrected chi connectivity index (χ4v) is 5.29. The first kappa shape index (κ1) is 26.9. The van der Waals surface area contributed by atoms with Gasteiger partial charge in [-0.25, -0.2) is 9.18 Å². The van der Waals surface area contributed by atoms with Crippen LogP contribution in [0, 0.1) is 11.2 Å². The summed E-state index contributed by atoms with van der Waals surface area (Å²) in [6, 6.07) is 15.1. The number of carboxylic acid groups (broad SMARTS) is 1. The van der Waals surface area contributed by atoms with E-state index in [1.54, 1.807) is 41.0 Å². The second-order valence-electron chi connectivity index (χ2n) is 9.94. The van der Waals surface area contributed by atoms with E-state index in [1.165, 1.54) is 24.3 Å². The number of nitrogen functional groups attached to an aromatic ring is 1. The number of aromatic nitrogens is 1.